The fraction of sp³-hybridized carbons (Fsp3) is 0.242. The zero-order valence-corrected chi connectivity index (χ0v) is 23.5. The summed E-state index contributed by atoms with van der Waals surface area (Å²) in [5.41, 5.74) is 13.9. The Balaban J connectivity index is 1.43. The van der Waals surface area contributed by atoms with Crippen LogP contribution in [0.15, 0.2) is 79.5 Å². The molecule has 5 heterocycles. The highest BCUT2D eigenvalue weighted by molar-refractivity contribution is 6.11. The lowest BCUT2D eigenvalue weighted by Gasteiger charge is -2.19. The molecule has 0 radical (unpaired) electrons. The van der Waals surface area contributed by atoms with Gasteiger partial charge >= 0.3 is 0 Å². The fourth-order valence-electron chi connectivity index (χ4n) is 5.59. The van der Waals surface area contributed by atoms with Gasteiger partial charge in [0.05, 0.1) is 28.8 Å². The summed E-state index contributed by atoms with van der Waals surface area (Å²) in [4.78, 5) is 17.0. The van der Waals surface area contributed by atoms with Crippen molar-refractivity contribution in [1.82, 2.24) is 30.1 Å². The Kier molecular flexibility index (Phi) is 8.00. The molecule has 5 aromatic rings. The van der Waals surface area contributed by atoms with Crippen LogP contribution in [-0.4, -0.2) is 42.4 Å². The zero-order valence-electron chi connectivity index (χ0n) is 23.5. The van der Waals surface area contributed by atoms with Crippen LogP contribution < -0.4 is 11.1 Å². The highest BCUT2D eigenvalue weighted by Gasteiger charge is 2.19. The van der Waals surface area contributed by atoms with Crippen LogP contribution in [0.3, 0.4) is 0 Å². The number of allylic oxidation sites excluding steroid dienone is 2. The minimum Gasteiger partial charge on any atom is -0.358 e. The summed E-state index contributed by atoms with van der Waals surface area (Å²) < 4.78 is 0. The summed E-state index contributed by atoms with van der Waals surface area (Å²) in [5, 5.41) is 21.1. The van der Waals surface area contributed by atoms with Crippen molar-refractivity contribution in [3.63, 3.8) is 0 Å². The van der Waals surface area contributed by atoms with Crippen LogP contribution >= 0.6 is 0 Å². The molecule has 0 fully saturated rings. The van der Waals surface area contributed by atoms with E-state index in [9.17, 15) is 0 Å². The molecule has 6 bridgehead atoms. The van der Waals surface area contributed by atoms with E-state index < -0.39 is 0 Å². The molecule has 4 aromatic heterocycles. The number of anilines is 1. The number of H-pyrrole nitrogens is 2. The molecule has 212 valence electrons. The third-order valence-corrected chi connectivity index (χ3v) is 7.75. The molecule has 1 aliphatic heterocycles. The molecule has 1 atom stereocenters. The molecule has 1 aromatic carbocycles. The van der Waals surface area contributed by atoms with Gasteiger partial charge in [0.15, 0.2) is 5.82 Å². The summed E-state index contributed by atoms with van der Waals surface area (Å²) in [6.07, 6.45) is 17.3. The smallest absolute Gasteiger partial charge is 0.159 e. The number of aromatic amines is 2. The summed E-state index contributed by atoms with van der Waals surface area (Å²) in [5.74, 6) is 1.08. The molecule has 42 heavy (non-hydrogen) atoms. The molecule has 0 saturated heterocycles. The number of nitrogens with zero attached hydrogens (tertiary/aromatic N) is 4. The van der Waals surface area contributed by atoms with E-state index in [-0.39, 0.29) is 0 Å². The third-order valence-electron chi connectivity index (χ3n) is 7.75. The first-order chi connectivity index (χ1) is 20.6. The fourth-order valence-corrected chi connectivity index (χ4v) is 5.59. The molecule has 6 N–H and O–H groups in total. The Morgan fingerprint density at radius 3 is 2.79 bits per heavy atom. The van der Waals surface area contributed by atoms with Gasteiger partial charge < -0.3 is 16.0 Å². The molecule has 0 saturated carbocycles. The van der Waals surface area contributed by atoms with E-state index in [2.05, 4.69) is 61.3 Å². The number of hydrogen-bond acceptors (Lipinski definition) is 7. The second-order valence-electron chi connectivity index (χ2n) is 10.8. The first-order valence-corrected chi connectivity index (χ1v) is 14.4. The van der Waals surface area contributed by atoms with Gasteiger partial charge in [0.2, 0.25) is 0 Å². The average Bonchev–Trinajstić information content (AvgIpc) is 3.62. The van der Waals surface area contributed by atoms with Crippen LogP contribution in [0.5, 0.6) is 0 Å². The Labute approximate surface area is 244 Å². The minimum atomic E-state index is 0.332. The van der Waals surface area contributed by atoms with Crippen LogP contribution in [-0.2, 0) is 0 Å². The van der Waals surface area contributed by atoms with Crippen LogP contribution in [0.1, 0.15) is 55.5 Å². The monoisotopic (exact) mass is 557 g/mol. The molecular formula is C33H35N9. The molecule has 9 heteroatoms. The quantitative estimate of drug-likeness (QED) is 0.156. The number of rotatable bonds is 4. The zero-order chi connectivity index (χ0) is 28.9. The van der Waals surface area contributed by atoms with Gasteiger partial charge in [-0.1, -0.05) is 31.6 Å². The topological polar surface area (TPSA) is 145 Å². The van der Waals surface area contributed by atoms with Crippen molar-refractivity contribution in [3.05, 3.63) is 96.5 Å². The summed E-state index contributed by atoms with van der Waals surface area (Å²) in [7, 11) is 0. The number of nitrogens with two attached hydrogens (primary N) is 1. The maximum Gasteiger partial charge on any atom is 0.159 e. The van der Waals surface area contributed by atoms with Gasteiger partial charge in [-0.05, 0) is 80.1 Å². The lowest BCUT2D eigenvalue weighted by molar-refractivity contribution is 0.433. The van der Waals surface area contributed by atoms with E-state index in [1.807, 2.05) is 36.7 Å². The lowest BCUT2D eigenvalue weighted by Crippen LogP contribution is -2.12. The highest BCUT2D eigenvalue weighted by Crippen LogP contribution is 2.32. The number of pyridine rings is 2. The van der Waals surface area contributed by atoms with Crippen molar-refractivity contribution >= 4 is 28.4 Å². The Hall–Kier alpha value is -4.89. The number of nitrogens with one attached hydrogen (secondary N) is 4. The maximum atomic E-state index is 8.95. The SMILES string of the molecule is C=C1CC(CCN)CCCCC=Cc2[nH]c(nc2C(=N)c2ccncc2)-c2n[nH]c3ccc(cc23)-c2cncc(c2)N1. The van der Waals surface area contributed by atoms with Gasteiger partial charge in [0.1, 0.15) is 11.4 Å². The highest BCUT2D eigenvalue weighted by atomic mass is 15.1. The molecular weight excluding hydrogens is 522 g/mol. The second kappa shape index (κ2) is 12.3. The molecule has 6 rings (SSSR count). The van der Waals surface area contributed by atoms with Gasteiger partial charge in [-0.3, -0.25) is 20.5 Å². The van der Waals surface area contributed by atoms with E-state index in [0.717, 1.165) is 83.2 Å². The standard InChI is InChI=1S/C33H35N9/c1-21-16-22(10-13-34)6-4-2-3-5-7-29-32(30(35)23-11-14-36-15-12-23)40-33(39-29)31-27-18-24(8-9-28(27)41-42-31)25-17-26(38-21)20-37-19-25/h5,7-9,11-12,14-15,17-20,22,35,38H,1-4,6,10,13,16,34H2,(H,39,40)(H,41,42). The predicted molar refractivity (Wildman–Crippen MR) is 169 cm³/mol. The number of fused-ring (bicyclic) bond motifs is 7. The lowest BCUT2D eigenvalue weighted by atomic mass is 9.93. The molecule has 0 amide bonds. The van der Waals surface area contributed by atoms with Gasteiger partial charge in [-0.25, -0.2) is 4.98 Å². The molecule has 1 aliphatic rings. The number of hydrogen-bond donors (Lipinski definition) is 5. The number of imidazole rings is 1. The summed E-state index contributed by atoms with van der Waals surface area (Å²) in [6, 6.07) is 11.9. The first-order valence-electron chi connectivity index (χ1n) is 14.4. The second-order valence-corrected chi connectivity index (χ2v) is 10.8. The Bertz CT molecular complexity index is 1750. The van der Waals surface area contributed by atoms with Crippen molar-refractivity contribution in [2.75, 3.05) is 11.9 Å². The van der Waals surface area contributed by atoms with Gasteiger partial charge in [0.25, 0.3) is 0 Å². The Morgan fingerprint density at radius 1 is 1.05 bits per heavy atom. The van der Waals surface area contributed by atoms with Crippen LogP contribution in [0.4, 0.5) is 5.69 Å². The largest absolute Gasteiger partial charge is 0.358 e. The molecule has 0 spiro atoms. The van der Waals surface area contributed by atoms with E-state index in [1.165, 1.54) is 0 Å². The van der Waals surface area contributed by atoms with E-state index in [0.29, 0.717) is 35.4 Å². The van der Waals surface area contributed by atoms with Crippen molar-refractivity contribution in [2.24, 2.45) is 11.7 Å². The van der Waals surface area contributed by atoms with E-state index in [4.69, 9.17) is 16.1 Å². The molecule has 9 nitrogen and oxygen atoms in total. The Morgan fingerprint density at radius 2 is 1.93 bits per heavy atom. The first kappa shape index (κ1) is 27.3. The molecule has 0 aliphatic carbocycles. The van der Waals surface area contributed by atoms with E-state index in [1.54, 1.807) is 12.4 Å². The normalized spacial score (nSPS) is 15.9. The van der Waals surface area contributed by atoms with Crippen molar-refractivity contribution in [3.8, 4) is 22.6 Å². The van der Waals surface area contributed by atoms with Crippen molar-refractivity contribution < 1.29 is 0 Å². The van der Waals surface area contributed by atoms with Gasteiger partial charge in [0, 0.05) is 40.8 Å². The minimum absolute atomic E-state index is 0.332. The predicted octanol–water partition coefficient (Wildman–Crippen LogP) is 6.69. The third kappa shape index (κ3) is 5.91. The van der Waals surface area contributed by atoms with Crippen molar-refractivity contribution in [1.29, 1.82) is 5.41 Å². The molecule has 1 unspecified atom stereocenters. The van der Waals surface area contributed by atoms with Crippen LogP contribution in [0, 0.1) is 11.3 Å². The summed E-state index contributed by atoms with van der Waals surface area (Å²) >= 11 is 0. The van der Waals surface area contributed by atoms with E-state index >= 15 is 0 Å². The van der Waals surface area contributed by atoms with Crippen LogP contribution in [0.25, 0.3) is 39.6 Å². The van der Waals surface area contributed by atoms with Gasteiger partial charge in [-0.2, -0.15) is 5.10 Å². The summed E-state index contributed by atoms with van der Waals surface area (Å²) in [6.45, 7) is 4.98. The average molecular weight is 558 g/mol. The maximum absolute atomic E-state index is 8.95. The van der Waals surface area contributed by atoms with Gasteiger partial charge in [-0.15, -0.1) is 0 Å². The van der Waals surface area contributed by atoms with Crippen molar-refractivity contribution in [2.45, 2.75) is 38.5 Å². The van der Waals surface area contributed by atoms with Crippen LogP contribution in [0.2, 0.25) is 0 Å². The number of benzene rings is 1. The number of aromatic nitrogens is 6.